The molecule has 1 aromatic rings. The molecule has 20 heavy (non-hydrogen) atoms. The van der Waals surface area contributed by atoms with Gasteiger partial charge in [-0.3, -0.25) is 11.3 Å². The van der Waals surface area contributed by atoms with Crippen molar-refractivity contribution in [3.05, 3.63) is 35.4 Å². The highest BCUT2D eigenvalue weighted by atomic mass is 15.2. The molecule has 0 heterocycles. The molecule has 2 heteroatoms. The molecule has 1 unspecified atom stereocenters. The van der Waals surface area contributed by atoms with Crippen molar-refractivity contribution < 1.29 is 0 Å². The first-order chi connectivity index (χ1) is 9.55. The molecule has 1 aliphatic carbocycles. The van der Waals surface area contributed by atoms with Gasteiger partial charge in [0.05, 0.1) is 0 Å². The van der Waals surface area contributed by atoms with E-state index in [1.807, 2.05) is 0 Å². The van der Waals surface area contributed by atoms with E-state index >= 15 is 0 Å². The van der Waals surface area contributed by atoms with Gasteiger partial charge in [-0.1, -0.05) is 56.5 Å². The maximum atomic E-state index is 5.94. The summed E-state index contributed by atoms with van der Waals surface area (Å²) in [4.78, 5) is 0. The van der Waals surface area contributed by atoms with Crippen molar-refractivity contribution >= 4 is 0 Å². The molecule has 0 saturated heterocycles. The monoisotopic (exact) mass is 274 g/mol. The summed E-state index contributed by atoms with van der Waals surface area (Å²) in [5.74, 6) is 6.68. The number of aryl methyl sites for hydroxylation is 1. The zero-order valence-electron chi connectivity index (χ0n) is 13.3. The van der Waals surface area contributed by atoms with Crippen LogP contribution in [0.15, 0.2) is 24.3 Å². The molecule has 1 saturated carbocycles. The molecule has 1 atom stereocenters. The summed E-state index contributed by atoms with van der Waals surface area (Å²) in [6.07, 6.45) is 7.70. The molecule has 0 aromatic heterocycles. The molecule has 112 valence electrons. The number of rotatable bonds is 6. The van der Waals surface area contributed by atoms with Crippen LogP contribution >= 0.6 is 0 Å². The van der Waals surface area contributed by atoms with E-state index < -0.39 is 0 Å². The molecule has 1 aliphatic rings. The Morgan fingerprint density at radius 3 is 2.25 bits per heavy atom. The zero-order chi connectivity index (χ0) is 14.6. The number of hydrazine groups is 1. The van der Waals surface area contributed by atoms with Crippen LogP contribution in [0.4, 0.5) is 0 Å². The minimum absolute atomic E-state index is 0.397. The summed E-state index contributed by atoms with van der Waals surface area (Å²) in [6, 6.07) is 9.30. The second kappa shape index (κ2) is 6.73. The smallest absolute Gasteiger partial charge is 0.0307 e. The second-order valence-electron chi connectivity index (χ2n) is 7.08. The number of hydrogen-bond acceptors (Lipinski definition) is 2. The van der Waals surface area contributed by atoms with Gasteiger partial charge in [-0.25, -0.2) is 0 Å². The van der Waals surface area contributed by atoms with Gasteiger partial charge in [0.25, 0.3) is 0 Å². The molecule has 0 bridgehead atoms. The lowest BCUT2D eigenvalue weighted by Crippen LogP contribution is -2.49. The van der Waals surface area contributed by atoms with Crippen LogP contribution in [-0.2, 0) is 6.42 Å². The van der Waals surface area contributed by atoms with Gasteiger partial charge in [0, 0.05) is 6.04 Å². The maximum absolute atomic E-state index is 5.94. The Balaban J connectivity index is 2.14. The van der Waals surface area contributed by atoms with Gasteiger partial charge in [0.1, 0.15) is 0 Å². The van der Waals surface area contributed by atoms with Crippen molar-refractivity contribution in [1.82, 2.24) is 5.43 Å². The minimum Gasteiger partial charge on any atom is -0.271 e. The van der Waals surface area contributed by atoms with Crippen LogP contribution in [-0.4, -0.2) is 6.04 Å². The van der Waals surface area contributed by atoms with Crippen LogP contribution in [0.25, 0.3) is 0 Å². The van der Waals surface area contributed by atoms with Gasteiger partial charge in [0.15, 0.2) is 0 Å². The lowest BCUT2D eigenvalue weighted by atomic mass is 9.71. The Morgan fingerprint density at radius 1 is 1.15 bits per heavy atom. The van der Waals surface area contributed by atoms with Gasteiger partial charge in [-0.05, 0) is 49.5 Å². The summed E-state index contributed by atoms with van der Waals surface area (Å²) >= 11 is 0. The quantitative estimate of drug-likeness (QED) is 0.608. The highest BCUT2D eigenvalue weighted by Gasteiger charge is 2.40. The first-order valence-corrected chi connectivity index (χ1v) is 8.07. The van der Waals surface area contributed by atoms with Gasteiger partial charge in [-0.2, -0.15) is 0 Å². The minimum atomic E-state index is 0.397. The topological polar surface area (TPSA) is 38.0 Å². The molecule has 0 spiro atoms. The van der Waals surface area contributed by atoms with Crippen LogP contribution in [0.1, 0.15) is 57.1 Å². The molecule has 0 amide bonds. The summed E-state index contributed by atoms with van der Waals surface area (Å²) in [6.45, 7) is 6.80. The molecule has 0 radical (unpaired) electrons. The van der Waals surface area contributed by atoms with Gasteiger partial charge >= 0.3 is 0 Å². The molecule has 1 fully saturated rings. The third-order valence-corrected chi connectivity index (χ3v) is 4.91. The largest absolute Gasteiger partial charge is 0.271 e. The average Bonchev–Trinajstić information content (AvgIpc) is 2.86. The lowest BCUT2D eigenvalue weighted by Gasteiger charge is -2.39. The van der Waals surface area contributed by atoms with Crippen molar-refractivity contribution in [2.75, 3.05) is 0 Å². The van der Waals surface area contributed by atoms with E-state index in [4.69, 9.17) is 5.84 Å². The van der Waals surface area contributed by atoms with Crippen molar-refractivity contribution in [3.63, 3.8) is 0 Å². The average molecular weight is 274 g/mol. The van der Waals surface area contributed by atoms with Gasteiger partial charge in [-0.15, -0.1) is 0 Å². The fraction of sp³-hybridized carbons (Fsp3) is 0.667. The van der Waals surface area contributed by atoms with Crippen LogP contribution < -0.4 is 11.3 Å². The predicted octanol–water partition coefficient (Wildman–Crippen LogP) is 3.98. The van der Waals surface area contributed by atoms with E-state index in [-0.39, 0.29) is 0 Å². The predicted molar refractivity (Wildman–Crippen MR) is 86.4 cm³/mol. The Labute approximate surface area is 124 Å². The van der Waals surface area contributed by atoms with E-state index in [1.165, 1.54) is 43.2 Å². The fourth-order valence-electron chi connectivity index (χ4n) is 4.00. The van der Waals surface area contributed by atoms with E-state index in [0.29, 0.717) is 11.5 Å². The van der Waals surface area contributed by atoms with Gasteiger partial charge < -0.3 is 0 Å². The second-order valence-corrected chi connectivity index (χ2v) is 7.08. The fourth-order valence-corrected chi connectivity index (χ4v) is 4.00. The van der Waals surface area contributed by atoms with Crippen LogP contribution in [0.3, 0.4) is 0 Å². The van der Waals surface area contributed by atoms with Crippen molar-refractivity contribution in [2.45, 2.75) is 65.3 Å². The van der Waals surface area contributed by atoms with E-state index in [9.17, 15) is 0 Å². The van der Waals surface area contributed by atoms with Crippen LogP contribution in [0, 0.1) is 18.3 Å². The maximum Gasteiger partial charge on any atom is 0.0307 e. The van der Waals surface area contributed by atoms with Crippen molar-refractivity contribution in [3.8, 4) is 0 Å². The number of benzene rings is 1. The number of nitrogens with two attached hydrogens (primary N) is 1. The molecule has 2 nitrogen and oxygen atoms in total. The standard InChI is InChI=1S/C18H30N2/c1-14(2)13-18(10-4-5-11-18)17(20-19)12-16-8-6-15(3)7-9-16/h6-9,14,17,20H,4-5,10-13,19H2,1-3H3. The first kappa shape index (κ1) is 15.5. The molecule has 2 rings (SSSR count). The Kier molecular flexibility index (Phi) is 5.22. The highest BCUT2D eigenvalue weighted by molar-refractivity contribution is 5.22. The summed E-state index contributed by atoms with van der Waals surface area (Å²) in [5.41, 5.74) is 6.27. The summed E-state index contributed by atoms with van der Waals surface area (Å²) in [7, 11) is 0. The zero-order valence-corrected chi connectivity index (χ0v) is 13.3. The van der Waals surface area contributed by atoms with Crippen LogP contribution in [0.2, 0.25) is 0 Å². The summed E-state index contributed by atoms with van der Waals surface area (Å²) < 4.78 is 0. The molecule has 1 aromatic carbocycles. The molecular formula is C18H30N2. The molecular weight excluding hydrogens is 244 g/mol. The normalized spacial score (nSPS) is 19.4. The SMILES string of the molecule is Cc1ccc(CC(NN)C2(CC(C)C)CCCC2)cc1. The van der Waals surface area contributed by atoms with Crippen molar-refractivity contribution in [2.24, 2.45) is 17.2 Å². The number of hydrogen-bond donors (Lipinski definition) is 2. The summed E-state index contributed by atoms with van der Waals surface area (Å²) in [5, 5.41) is 0. The highest BCUT2D eigenvalue weighted by Crippen LogP contribution is 2.46. The molecule has 3 N–H and O–H groups in total. The Morgan fingerprint density at radius 2 is 1.75 bits per heavy atom. The first-order valence-electron chi connectivity index (χ1n) is 8.07. The lowest BCUT2D eigenvalue weighted by molar-refractivity contribution is 0.154. The van der Waals surface area contributed by atoms with E-state index in [0.717, 1.165) is 12.3 Å². The van der Waals surface area contributed by atoms with E-state index in [1.54, 1.807) is 0 Å². The van der Waals surface area contributed by atoms with E-state index in [2.05, 4.69) is 50.5 Å². The van der Waals surface area contributed by atoms with Crippen molar-refractivity contribution in [1.29, 1.82) is 0 Å². The third kappa shape index (κ3) is 3.62. The Bertz CT molecular complexity index is 402. The third-order valence-electron chi connectivity index (χ3n) is 4.91. The van der Waals surface area contributed by atoms with Crippen LogP contribution in [0.5, 0.6) is 0 Å². The number of nitrogens with one attached hydrogen (secondary N) is 1. The Hall–Kier alpha value is -0.860. The molecule has 0 aliphatic heterocycles. The van der Waals surface area contributed by atoms with Gasteiger partial charge in [0.2, 0.25) is 0 Å².